The van der Waals surface area contributed by atoms with Crippen LogP contribution in [0.5, 0.6) is 5.75 Å². The molecule has 0 aromatic heterocycles. The monoisotopic (exact) mass is 279 g/mol. The summed E-state index contributed by atoms with van der Waals surface area (Å²) in [6.07, 6.45) is 0.848. The van der Waals surface area contributed by atoms with Gasteiger partial charge < -0.3 is 9.47 Å². The summed E-state index contributed by atoms with van der Waals surface area (Å²) in [5, 5.41) is 8.75. The second-order valence-corrected chi connectivity index (χ2v) is 4.80. The highest BCUT2D eigenvalue weighted by atomic mass is 32.2. The fraction of sp³-hybridized carbons (Fsp3) is 0.429. The Balaban J connectivity index is 2.11. The van der Waals surface area contributed by atoms with E-state index in [2.05, 4.69) is 6.07 Å². The minimum Gasteiger partial charge on any atom is -0.494 e. The molecule has 0 saturated carbocycles. The minimum absolute atomic E-state index is 0.171. The lowest BCUT2D eigenvalue weighted by Gasteiger charge is -2.06. The smallest absolute Gasteiger partial charge is 0.315 e. The van der Waals surface area contributed by atoms with Gasteiger partial charge in [0.25, 0.3) is 0 Å². The number of rotatable bonds is 8. The van der Waals surface area contributed by atoms with E-state index in [0.29, 0.717) is 30.3 Å². The van der Waals surface area contributed by atoms with Gasteiger partial charge in [0.1, 0.15) is 5.75 Å². The number of thioether (sulfide) groups is 1. The molecule has 0 aliphatic heterocycles. The maximum absolute atomic E-state index is 11.1. The average Bonchev–Trinajstić information content (AvgIpc) is 2.43. The van der Waals surface area contributed by atoms with Crippen LogP contribution in [0.25, 0.3) is 0 Å². The van der Waals surface area contributed by atoms with Crippen molar-refractivity contribution in [2.24, 2.45) is 0 Å². The molecule has 102 valence electrons. The van der Waals surface area contributed by atoms with Crippen molar-refractivity contribution >= 4 is 17.7 Å². The third-order valence-electron chi connectivity index (χ3n) is 2.19. The summed E-state index contributed by atoms with van der Waals surface area (Å²) >= 11 is 1.54. The normalized spacial score (nSPS) is 9.68. The van der Waals surface area contributed by atoms with Crippen LogP contribution in [0.15, 0.2) is 24.3 Å². The summed E-state index contributed by atoms with van der Waals surface area (Å²) in [6.45, 7) is 2.80. The fourth-order valence-electron chi connectivity index (χ4n) is 1.36. The first-order valence-electron chi connectivity index (χ1n) is 6.12. The number of carbonyl (C=O) groups is 1. The van der Waals surface area contributed by atoms with Gasteiger partial charge in [-0.3, -0.25) is 4.79 Å². The first-order chi connectivity index (χ1) is 9.26. The number of nitriles is 1. The molecule has 5 heteroatoms. The summed E-state index contributed by atoms with van der Waals surface area (Å²) in [5.74, 6) is 1.76. The van der Waals surface area contributed by atoms with Gasteiger partial charge >= 0.3 is 5.97 Å². The minimum atomic E-state index is -0.171. The van der Waals surface area contributed by atoms with E-state index in [9.17, 15) is 4.79 Å². The molecule has 0 aliphatic rings. The van der Waals surface area contributed by atoms with Crippen LogP contribution in [0.1, 0.15) is 18.9 Å². The van der Waals surface area contributed by atoms with E-state index in [-0.39, 0.29) is 5.97 Å². The van der Waals surface area contributed by atoms with Crippen molar-refractivity contribution in [2.75, 3.05) is 24.7 Å². The lowest BCUT2D eigenvalue weighted by molar-refractivity contribution is -0.139. The van der Waals surface area contributed by atoms with Gasteiger partial charge in [-0.15, -0.1) is 0 Å². The van der Waals surface area contributed by atoms with Crippen molar-refractivity contribution in [1.29, 1.82) is 5.26 Å². The third kappa shape index (κ3) is 6.73. The molecule has 1 aromatic rings. The molecule has 0 bridgehead atoms. The Kier molecular flexibility index (Phi) is 7.52. The van der Waals surface area contributed by atoms with Crippen LogP contribution in [0.3, 0.4) is 0 Å². The zero-order chi connectivity index (χ0) is 13.9. The third-order valence-corrected chi connectivity index (χ3v) is 3.21. The number of nitrogens with zero attached hydrogens (tertiary/aromatic N) is 1. The molecule has 0 saturated heterocycles. The van der Waals surface area contributed by atoms with Gasteiger partial charge in [-0.25, -0.2) is 0 Å². The second-order valence-electron chi connectivity index (χ2n) is 3.70. The largest absolute Gasteiger partial charge is 0.494 e. The lowest BCUT2D eigenvalue weighted by atomic mass is 10.2. The van der Waals surface area contributed by atoms with Gasteiger partial charge in [0, 0.05) is 0 Å². The van der Waals surface area contributed by atoms with E-state index >= 15 is 0 Å². The number of ether oxygens (including phenoxy) is 2. The highest BCUT2D eigenvalue weighted by Crippen LogP contribution is 2.13. The molecular weight excluding hydrogens is 262 g/mol. The van der Waals surface area contributed by atoms with Crippen molar-refractivity contribution in [3.8, 4) is 11.8 Å². The highest BCUT2D eigenvalue weighted by Gasteiger charge is 2.01. The maximum Gasteiger partial charge on any atom is 0.315 e. The maximum atomic E-state index is 11.1. The van der Waals surface area contributed by atoms with Crippen molar-refractivity contribution in [3.63, 3.8) is 0 Å². The number of benzene rings is 1. The predicted molar refractivity (Wildman–Crippen MR) is 75.2 cm³/mol. The molecule has 1 aromatic carbocycles. The number of carbonyl (C=O) groups excluding carboxylic acids is 1. The van der Waals surface area contributed by atoms with Crippen LogP contribution in [-0.4, -0.2) is 30.7 Å². The number of esters is 1. The summed E-state index contributed by atoms with van der Waals surface area (Å²) in [4.78, 5) is 11.1. The average molecular weight is 279 g/mol. The Bertz CT molecular complexity index is 443. The van der Waals surface area contributed by atoms with Crippen LogP contribution in [0.2, 0.25) is 0 Å². The molecule has 1 rings (SSSR count). The fourth-order valence-corrected chi connectivity index (χ4v) is 2.08. The van der Waals surface area contributed by atoms with Crippen LogP contribution >= 0.6 is 11.8 Å². The molecule has 0 amide bonds. The molecular formula is C14H17NO3S. The first-order valence-corrected chi connectivity index (χ1v) is 7.28. The lowest BCUT2D eigenvalue weighted by Crippen LogP contribution is -2.07. The van der Waals surface area contributed by atoms with Crippen LogP contribution in [0, 0.1) is 11.3 Å². The molecule has 0 radical (unpaired) electrons. The van der Waals surface area contributed by atoms with Gasteiger partial charge in [0.05, 0.1) is 30.6 Å². The molecule has 0 heterocycles. The summed E-state index contributed by atoms with van der Waals surface area (Å²) in [5.41, 5.74) is 0.592. The Morgan fingerprint density at radius 3 is 3.05 bits per heavy atom. The zero-order valence-electron chi connectivity index (χ0n) is 10.9. The van der Waals surface area contributed by atoms with Gasteiger partial charge in [-0.1, -0.05) is 6.07 Å². The van der Waals surface area contributed by atoms with Gasteiger partial charge in [0.15, 0.2) is 0 Å². The molecule has 0 spiro atoms. The van der Waals surface area contributed by atoms with Gasteiger partial charge in [0.2, 0.25) is 0 Å². The predicted octanol–water partition coefficient (Wildman–Crippen LogP) is 2.62. The van der Waals surface area contributed by atoms with E-state index in [1.165, 1.54) is 11.8 Å². The van der Waals surface area contributed by atoms with E-state index in [4.69, 9.17) is 14.7 Å². The Morgan fingerprint density at radius 1 is 1.47 bits per heavy atom. The molecule has 0 unspecified atom stereocenters. The van der Waals surface area contributed by atoms with E-state index < -0.39 is 0 Å². The highest BCUT2D eigenvalue weighted by molar-refractivity contribution is 7.99. The first kappa shape index (κ1) is 15.4. The van der Waals surface area contributed by atoms with Gasteiger partial charge in [-0.2, -0.15) is 17.0 Å². The number of hydrogen-bond donors (Lipinski definition) is 0. The van der Waals surface area contributed by atoms with Crippen molar-refractivity contribution in [3.05, 3.63) is 29.8 Å². The Hall–Kier alpha value is -1.67. The summed E-state index contributed by atoms with van der Waals surface area (Å²) in [6, 6.07) is 9.14. The van der Waals surface area contributed by atoms with Crippen LogP contribution < -0.4 is 4.74 Å². The quantitative estimate of drug-likeness (QED) is 0.541. The van der Waals surface area contributed by atoms with Crippen molar-refractivity contribution < 1.29 is 14.3 Å². The molecule has 0 atom stereocenters. The summed E-state index contributed by atoms with van der Waals surface area (Å²) in [7, 11) is 0. The molecule has 0 fully saturated rings. The van der Waals surface area contributed by atoms with E-state index in [1.807, 2.05) is 6.07 Å². The topological polar surface area (TPSA) is 59.3 Å². The van der Waals surface area contributed by atoms with E-state index in [1.54, 1.807) is 25.1 Å². The Labute approximate surface area is 117 Å². The zero-order valence-corrected chi connectivity index (χ0v) is 11.7. The Morgan fingerprint density at radius 2 is 2.32 bits per heavy atom. The number of hydrogen-bond acceptors (Lipinski definition) is 5. The molecule has 4 nitrogen and oxygen atoms in total. The standard InChI is InChI=1S/C14H17NO3S/c1-2-17-14(16)11-19-8-4-7-18-13-6-3-5-12(9-13)10-15/h3,5-6,9H,2,4,7-8,11H2,1H3. The summed E-state index contributed by atoms with van der Waals surface area (Å²) < 4.78 is 10.3. The van der Waals surface area contributed by atoms with E-state index in [0.717, 1.165) is 12.2 Å². The van der Waals surface area contributed by atoms with Crippen LogP contribution in [-0.2, 0) is 9.53 Å². The van der Waals surface area contributed by atoms with Crippen molar-refractivity contribution in [2.45, 2.75) is 13.3 Å². The molecule has 19 heavy (non-hydrogen) atoms. The molecule has 0 aliphatic carbocycles. The van der Waals surface area contributed by atoms with Crippen molar-refractivity contribution in [1.82, 2.24) is 0 Å². The second kappa shape index (κ2) is 9.29. The van der Waals surface area contributed by atoms with Crippen LogP contribution in [0.4, 0.5) is 0 Å². The SMILES string of the molecule is CCOC(=O)CSCCCOc1cccc(C#N)c1. The molecule has 0 N–H and O–H groups in total. The van der Waals surface area contributed by atoms with Gasteiger partial charge in [-0.05, 0) is 37.3 Å².